The average Bonchev–Trinajstić information content (AvgIpc) is 2.77. The molecule has 18 heavy (non-hydrogen) atoms. The molecule has 1 aromatic rings. The third kappa shape index (κ3) is 2.72. The number of nitrogens with one attached hydrogen (secondary N) is 1. The van der Waals surface area contributed by atoms with Crippen molar-refractivity contribution in [2.75, 3.05) is 20.1 Å². The number of carbonyl (C=O) groups is 1. The summed E-state index contributed by atoms with van der Waals surface area (Å²) in [6.45, 7) is 6.71. The van der Waals surface area contributed by atoms with Gasteiger partial charge < -0.3 is 10.2 Å². The highest BCUT2D eigenvalue weighted by molar-refractivity contribution is 5.79. The minimum atomic E-state index is 0.138. The zero-order valence-electron chi connectivity index (χ0n) is 11.4. The van der Waals surface area contributed by atoms with E-state index in [-0.39, 0.29) is 11.8 Å². The van der Waals surface area contributed by atoms with Crippen LogP contribution in [0, 0.1) is 18.8 Å². The van der Waals surface area contributed by atoms with Crippen LogP contribution in [-0.2, 0) is 11.3 Å². The lowest BCUT2D eigenvalue weighted by molar-refractivity contribution is -0.135. The summed E-state index contributed by atoms with van der Waals surface area (Å²) in [6.07, 6.45) is 0. The van der Waals surface area contributed by atoms with E-state index in [1.807, 2.05) is 24.1 Å². The molecule has 0 bridgehead atoms. The molecule has 0 radical (unpaired) electrons. The van der Waals surface area contributed by atoms with Crippen molar-refractivity contribution in [2.24, 2.45) is 11.8 Å². The Morgan fingerprint density at radius 1 is 1.39 bits per heavy atom. The molecule has 1 heterocycles. The molecule has 1 N–H and O–H groups in total. The SMILES string of the molecule is Cc1ccccc1CN(C)C(=O)[C@@H]1CNC[C@H]1C. The smallest absolute Gasteiger partial charge is 0.227 e. The lowest BCUT2D eigenvalue weighted by Crippen LogP contribution is -2.35. The monoisotopic (exact) mass is 246 g/mol. The number of hydrogen-bond acceptors (Lipinski definition) is 2. The Labute approximate surface area is 109 Å². The molecule has 98 valence electrons. The van der Waals surface area contributed by atoms with E-state index < -0.39 is 0 Å². The van der Waals surface area contributed by atoms with Gasteiger partial charge in [0.25, 0.3) is 0 Å². The van der Waals surface area contributed by atoms with Crippen LogP contribution in [0.15, 0.2) is 24.3 Å². The average molecular weight is 246 g/mol. The predicted octanol–water partition coefficient (Wildman–Crippen LogP) is 1.81. The maximum Gasteiger partial charge on any atom is 0.227 e. The number of nitrogens with zero attached hydrogens (tertiary/aromatic N) is 1. The van der Waals surface area contributed by atoms with E-state index in [0.29, 0.717) is 12.5 Å². The Morgan fingerprint density at radius 2 is 2.11 bits per heavy atom. The Morgan fingerprint density at radius 3 is 2.72 bits per heavy atom. The van der Waals surface area contributed by atoms with Gasteiger partial charge in [-0.05, 0) is 30.5 Å². The zero-order valence-corrected chi connectivity index (χ0v) is 11.4. The fraction of sp³-hybridized carbons (Fsp3) is 0.533. The normalized spacial score (nSPS) is 23.1. The Kier molecular flexibility index (Phi) is 4.02. The highest BCUT2D eigenvalue weighted by Crippen LogP contribution is 2.19. The van der Waals surface area contributed by atoms with Crippen LogP contribution >= 0.6 is 0 Å². The van der Waals surface area contributed by atoms with E-state index in [0.717, 1.165) is 13.1 Å². The predicted molar refractivity (Wildman–Crippen MR) is 73.2 cm³/mol. The van der Waals surface area contributed by atoms with Gasteiger partial charge in [0.2, 0.25) is 5.91 Å². The molecule has 0 aromatic heterocycles. The summed E-state index contributed by atoms with van der Waals surface area (Å²) in [5.41, 5.74) is 2.47. The highest BCUT2D eigenvalue weighted by atomic mass is 16.2. The summed E-state index contributed by atoms with van der Waals surface area (Å²) in [7, 11) is 1.90. The number of amides is 1. The Bertz CT molecular complexity index is 430. The van der Waals surface area contributed by atoms with E-state index in [1.165, 1.54) is 11.1 Å². The molecule has 1 aromatic carbocycles. The van der Waals surface area contributed by atoms with Crippen LogP contribution in [0.3, 0.4) is 0 Å². The molecule has 1 aliphatic rings. The van der Waals surface area contributed by atoms with Gasteiger partial charge in [-0.1, -0.05) is 31.2 Å². The standard InChI is InChI=1S/C15H22N2O/c1-11-6-4-5-7-13(11)10-17(3)15(18)14-9-16-8-12(14)2/h4-7,12,14,16H,8-10H2,1-3H3/t12-,14-/m1/s1. The molecule has 3 nitrogen and oxygen atoms in total. The van der Waals surface area contributed by atoms with Gasteiger partial charge in [0.05, 0.1) is 5.92 Å². The number of carbonyl (C=O) groups excluding carboxylic acids is 1. The second kappa shape index (κ2) is 5.53. The molecule has 3 heteroatoms. The zero-order chi connectivity index (χ0) is 13.1. The van der Waals surface area contributed by atoms with E-state index >= 15 is 0 Å². The summed E-state index contributed by atoms with van der Waals surface area (Å²) < 4.78 is 0. The van der Waals surface area contributed by atoms with Crippen molar-refractivity contribution in [1.82, 2.24) is 10.2 Å². The molecule has 0 spiro atoms. The van der Waals surface area contributed by atoms with Gasteiger partial charge in [0.1, 0.15) is 0 Å². The van der Waals surface area contributed by atoms with Gasteiger partial charge in [-0.15, -0.1) is 0 Å². The maximum atomic E-state index is 12.4. The van der Waals surface area contributed by atoms with Crippen molar-refractivity contribution in [3.8, 4) is 0 Å². The summed E-state index contributed by atoms with van der Waals surface area (Å²) in [6, 6.07) is 8.24. The quantitative estimate of drug-likeness (QED) is 0.882. The van der Waals surface area contributed by atoms with Gasteiger partial charge >= 0.3 is 0 Å². The second-order valence-electron chi connectivity index (χ2n) is 5.36. The van der Waals surface area contributed by atoms with Gasteiger partial charge in [-0.25, -0.2) is 0 Å². The number of rotatable bonds is 3. The molecule has 1 aliphatic heterocycles. The summed E-state index contributed by atoms with van der Waals surface area (Å²) in [5, 5.41) is 3.29. The van der Waals surface area contributed by atoms with Crippen molar-refractivity contribution < 1.29 is 4.79 Å². The van der Waals surface area contributed by atoms with Crippen LogP contribution in [0.4, 0.5) is 0 Å². The molecule has 1 fully saturated rings. The van der Waals surface area contributed by atoms with Crippen LogP contribution < -0.4 is 5.32 Å². The van der Waals surface area contributed by atoms with Crippen LogP contribution in [0.1, 0.15) is 18.1 Å². The molecule has 0 unspecified atom stereocenters. The first-order valence-corrected chi connectivity index (χ1v) is 6.60. The van der Waals surface area contributed by atoms with E-state index in [4.69, 9.17) is 0 Å². The molecule has 1 saturated heterocycles. The molecule has 2 atom stereocenters. The maximum absolute atomic E-state index is 12.4. The largest absolute Gasteiger partial charge is 0.341 e. The summed E-state index contributed by atoms with van der Waals surface area (Å²) >= 11 is 0. The van der Waals surface area contributed by atoms with Gasteiger partial charge in [0, 0.05) is 20.1 Å². The van der Waals surface area contributed by atoms with Crippen molar-refractivity contribution >= 4 is 5.91 Å². The van der Waals surface area contributed by atoms with Gasteiger partial charge in [-0.3, -0.25) is 4.79 Å². The number of aryl methyl sites for hydroxylation is 1. The van der Waals surface area contributed by atoms with Crippen molar-refractivity contribution in [2.45, 2.75) is 20.4 Å². The van der Waals surface area contributed by atoms with Gasteiger partial charge in [0.15, 0.2) is 0 Å². The van der Waals surface area contributed by atoms with Crippen LogP contribution in [0.25, 0.3) is 0 Å². The van der Waals surface area contributed by atoms with Crippen LogP contribution in [0.2, 0.25) is 0 Å². The van der Waals surface area contributed by atoms with E-state index in [1.54, 1.807) is 0 Å². The first-order chi connectivity index (χ1) is 8.59. The molecule has 1 amide bonds. The van der Waals surface area contributed by atoms with Crippen molar-refractivity contribution in [1.29, 1.82) is 0 Å². The second-order valence-corrected chi connectivity index (χ2v) is 5.36. The highest BCUT2D eigenvalue weighted by Gasteiger charge is 2.31. The Hall–Kier alpha value is -1.35. The van der Waals surface area contributed by atoms with Crippen LogP contribution in [0.5, 0.6) is 0 Å². The van der Waals surface area contributed by atoms with E-state index in [2.05, 4.69) is 31.3 Å². The molecule has 0 saturated carbocycles. The minimum Gasteiger partial charge on any atom is -0.341 e. The minimum absolute atomic E-state index is 0.138. The third-order valence-electron chi connectivity index (χ3n) is 3.88. The first kappa shape index (κ1) is 13.1. The molecular weight excluding hydrogens is 224 g/mol. The van der Waals surface area contributed by atoms with Crippen LogP contribution in [-0.4, -0.2) is 30.9 Å². The summed E-state index contributed by atoms with van der Waals surface area (Å²) in [5.74, 6) is 0.839. The number of benzene rings is 1. The lowest BCUT2D eigenvalue weighted by atomic mass is 9.96. The lowest BCUT2D eigenvalue weighted by Gasteiger charge is -2.23. The first-order valence-electron chi connectivity index (χ1n) is 6.60. The fourth-order valence-corrected chi connectivity index (χ4v) is 2.54. The van der Waals surface area contributed by atoms with Crippen molar-refractivity contribution in [3.63, 3.8) is 0 Å². The molecular formula is C15H22N2O. The van der Waals surface area contributed by atoms with Gasteiger partial charge in [-0.2, -0.15) is 0 Å². The topological polar surface area (TPSA) is 32.3 Å². The third-order valence-corrected chi connectivity index (χ3v) is 3.88. The number of hydrogen-bond donors (Lipinski definition) is 1. The summed E-state index contributed by atoms with van der Waals surface area (Å²) in [4.78, 5) is 14.2. The molecule has 0 aliphatic carbocycles. The van der Waals surface area contributed by atoms with E-state index in [9.17, 15) is 4.79 Å². The fourth-order valence-electron chi connectivity index (χ4n) is 2.54. The Balaban J connectivity index is 2.01. The molecule has 2 rings (SSSR count). The van der Waals surface area contributed by atoms with Crippen molar-refractivity contribution in [3.05, 3.63) is 35.4 Å².